The molecule has 7 heteroatoms. The van der Waals surface area contributed by atoms with Gasteiger partial charge in [0.05, 0.1) is 23.2 Å². The van der Waals surface area contributed by atoms with Gasteiger partial charge in [0.25, 0.3) is 11.8 Å². The zero-order valence-electron chi connectivity index (χ0n) is 20.9. The topological polar surface area (TPSA) is 68.6 Å². The molecule has 0 unspecified atom stereocenters. The smallest absolute Gasteiger partial charge is 0.256 e. The third-order valence-electron chi connectivity index (χ3n) is 6.88. The zero-order chi connectivity index (χ0) is 25.4. The Hall–Kier alpha value is -4.26. The molecule has 0 saturated heterocycles. The minimum Gasteiger partial charge on any atom is -0.378 e. The molecule has 0 fully saturated rings. The van der Waals surface area contributed by atoms with E-state index in [1.807, 2.05) is 118 Å². The van der Waals surface area contributed by atoms with Gasteiger partial charge in [-0.1, -0.05) is 48.5 Å². The molecule has 0 aromatic heterocycles. The highest BCUT2D eigenvalue weighted by Gasteiger charge is 2.50. The number of benzene rings is 3. The molecule has 0 radical (unpaired) electrons. The van der Waals surface area contributed by atoms with E-state index in [9.17, 15) is 9.59 Å². The van der Waals surface area contributed by atoms with Gasteiger partial charge >= 0.3 is 0 Å². The molecule has 2 aliphatic heterocycles. The SMILES string of the molecule is CC1=NN(c2ccccc2)C(=O)[C@@H]1C(c1ccc(N(C)C)cc1)[C@H]1C(=O)N(c2ccccc2)N=C1C. The van der Waals surface area contributed by atoms with Crippen LogP contribution in [0.25, 0.3) is 0 Å². The summed E-state index contributed by atoms with van der Waals surface area (Å²) in [5, 5.41) is 12.2. The van der Waals surface area contributed by atoms with E-state index < -0.39 is 17.8 Å². The number of hydrazone groups is 2. The van der Waals surface area contributed by atoms with Gasteiger partial charge in [-0.3, -0.25) is 9.59 Å². The van der Waals surface area contributed by atoms with Gasteiger partial charge in [-0.2, -0.15) is 10.2 Å². The van der Waals surface area contributed by atoms with Crippen molar-refractivity contribution in [2.75, 3.05) is 29.0 Å². The van der Waals surface area contributed by atoms with Crippen molar-refractivity contribution in [2.45, 2.75) is 19.8 Å². The summed E-state index contributed by atoms with van der Waals surface area (Å²) in [5.74, 6) is -1.91. The Morgan fingerprint density at radius 3 is 1.47 bits per heavy atom. The van der Waals surface area contributed by atoms with Gasteiger partial charge in [0, 0.05) is 37.1 Å². The second kappa shape index (κ2) is 9.41. The van der Waals surface area contributed by atoms with Crippen LogP contribution >= 0.6 is 0 Å². The molecular weight excluding hydrogens is 450 g/mol. The standard InChI is InChI=1S/C29H29N5O2/c1-19-25(28(35)33(30-19)23-11-7-5-8-12-23)27(21-15-17-22(18-16-21)32(3)4)26-20(2)31-34(29(26)36)24-13-9-6-10-14-24/h5-18,25-27H,1-4H3/t25-,26-/m0/s1. The van der Waals surface area contributed by atoms with Crippen LogP contribution in [-0.4, -0.2) is 37.3 Å². The van der Waals surface area contributed by atoms with Crippen LogP contribution in [0.1, 0.15) is 25.3 Å². The third kappa shape index (κ3) is 4.06. The lowest BCUT2D eigenvalue weighted by Crippen LogP contribution is -2.40. The van der Waals surface area contributed by atoms with E-state index in [1.54, 1.807) is 0 Å². The second-order valence-corrected chi connectivity index (χ2v) is 9.42. The molecule has 36 heavy (non-hydrogen) atoms. The monoisotopic (exact) mass is 479 g/mol. The van der Waals surface area contributed by atoms with Gasteiger partial charge in [0.2, 0.25) is 0 Å². The first-order valence-corrected chi connectivity index (χ1v) is 12.0. The molecule has 2 atom stereocenters. The molecule has 7 nitrogen and oxygen atoms in total. The number of carbonyl (C=O) groups excluding carboxylic acids is 2. The number of hydrogen-bond donors (Lipinski definition) is 0. The number of para-hydroxylation sites is 2. The van der Waals surface area contributed by atoms with Crippen molar-refractivity contribution in [3.05, 3.63) is 90.5 Å². The average molecular weight is 480 g/mol. The Bertz CT molecular complexity index is 1250. The van der Waals surface area contributed by atoms with Gasteiger partial charge in [0.1, 0.15) is 0 Å². The Kier molecular flexibility index (Phi) is 6.14. The molecule has 3 aromatic rings. The van der Waals surface area contributed by atoms with Crippen LogP contribution < -0.4 is 14.9 Å². The lowest BCUT2D eigenvalue weighted by molar-refractivity contribution is -0.122. The summed E-state index contributed by atoms with van der Waals surface area (Å²) in [4.78, 5) is 29.8. The average Bonchev–Trinajstić information content (AvgIpc) is 3.36. The second-order valence-electron chi connectivity index (χ2n) is 9.42. The molecule has 0 spiro atoms. The quantitative estimate of drug-likeness (QED) is 0.504. The van der Waals surface area contributed by atoms with Crippen LogP contribution in [0, 0.1) is 11.8 Å². The van der Waals surface area contributed by atoms with Crippen molar-refractivity contribution in [2.24, 2.45) is 22.0 Å². The predicted octanol–water partition coefficient (Wildman–Crippen LogP) is 4.91. The fourth-order valence-electron chi connectivity index (χ4n) is 5.07. The molecule has 3 aromatic carbocycles. The molecule has 5 rings (SSSR count). The van der Waals surface area contributed by atoms with E-state index in [1.165, 1.54) is 10.0 Å². The molecule has 0 aliphatic carbocycles. The molecule has 0 saturated carbocycles. The third-order valence-corrected chi connectivity index (χ3v) is 6.88. The number of nitrogens with zero attached hydrogens (tertiary/aromatic N) is 5. The highest BCUT2D eigenvalue weighted by molar-refractivity contribution is 6.19. The minimum absolute atomic E-state index is 0.140. The Labute approximate surface area is 211 Å². The number of anilines is 3. The fraction of sp³-hybridized carbons (Fsp3) is 0.241. The number of amides is 2. The summed E-state index contributed by atoms with van der Waals surface area (Å²) in [5.41, 5.74) is 4.74. The fourth-order valence-corrected chi connectivity index (χ4v) is 5.07. The van der Waals surface area contributed by atoms with Crippen LogP contribution in [0.5, 0.6) is 0 Å². The van der Waals surface area contributed by atoms with Gasteiger partial charge in [-0.25, -0.2) is 10.0 Å². The zero-order valence-corrected chi connectivity index (χ0v) is 20.9. The van der Waals surface area contributed by atoms with Crippen LogP contribution in [-0.2, 0) is 9.59 Å². The van der Waals surface area contributed by atoms with Crippen LogP contribution in [0.4, 0.5) is 17.1 Å². The van der Waals surface area contributed by atoms with E-state index in [0.29, 0.717) is 22.8 Å². The van der Waals surface area contributed by atoms with E-state index in [4.69, 9.17) is 0 Å². The summed E-state index contributed by atoms with van der Waals surface area (Å²) >= 11 is 0. The first kappa shape index (κ1) is 23.5. The molecule has 2 aliphatic rings. The first-order valence-electron chi connectivity index (χ1n) is 12.0. The van der Waals surface area contributed by atoms with Crippen molar-refractivity contribution in [1.29, 1.82) is 0 Å². The van der Waals surface area contributed by atoms with E-state index in [-0.39, 0.29) is 11.8 Å². The summed E-state index contributed by atoms with van der Waals surface area (Å²) in [6.45, 7) is 3.74. The van der Waals surface area contributed by atoms with Crippen LogP contribution in [0.3, 0.4) is 0 Å². The van der Waals surface area contributed by atoms with Crippen LogP contribution in [0.2, 0.25) is 0 Å². The number of carbonyl (C=O) groups is 2. The maximum Gasteiger partial charge on any atom is 0.256 e. The van der Waals surface area contributed by atoms with Crippen molar-refractivity contribution >= 4 is 40.3 Å². The van der Waals surface area contributed by atoms with E-state index >= 15 is 0 Å². The maximum absolute atomic E-state index is 13.9. The predicted molar refractivity (Wildman–Crippen MR) is 145 cm³/mol. The molecule has 182 valence electrons. The normalized spacial score (nSPS) is 19.7. The molecule has 2 amide bonds. The number of hydrogen-bond acceptors (Lipinski definition) is 5. The maximum atomic E-state index is 13.9. The van der Waals surface area contributed by atoms with E-state index in [0.717, 1.165) is 11.3 Å². The summed E-state index contributed by atoms with van der Waals surface area (Å²) < 4.78 is 0. The molecule has 0 bridgehead atoms. The van der Waals surface area contributed by atoms with Gasteiger partial charge in [0.15, 0.2) is 0 Å². The molecule has 2 heterocycles. The van der Waals surface area contributed by atoms with Crippen molar-refractivity contribution in [3.63, 3.8) is 0 Å². The van der Waals surface area contributed by atoms with Crippen LogP contribution in [0.15, 0.2) is 95.1 Å². The van der Waals surface area contributed by atoms with Gasteiger partial charge < -0.3 is 4.90 Å². The number of rotatable bonds is 6. The van der Waals surface area contributed by atoms with Gasteiger partial charge in [-0.15, -0.1) is 0 Å². The summed E-state index contributed by atoms with van der Waals surface area (Å²) in [7, 11) is 3.97. The van der Waals surface area contributed by atoms with Crippen molar-refractivity contribution < 1.29 is 9.59 Å². The largest absolute Gasteiger partial charge is 0.378 e. The molecular formula is C29H29N5O2. The lowest BCUT2D eigenvalue weighted by atomic mass is 9.73. The Morgan fingerprint density at radius 2 is 1.08 bits per heavy atom. The van der Waals surface area contributed by atoms with Gasteiger partial charge in [-0.05, 0) is 55.8 Å². The van der Waals surface area contributed by atoms with E-state index in [2.05, 4.69) is 10.2 Å². The minimum atomic E-state index is -0.592. The van der Waals surface area contributed by atoms with Crippen molar-refractivity contribution in [1.82, 2.24) is 0 Å². The summed E-state index contributed by atoms with van der Waals surface area (Å²) in [6, 6.07) is 26.9. The summed E-state index contributed by atoms with van der Waals surface area (Å²) in [6.07, 6.45) is 0. The lowest BCUT2D eigenvalue weighted by Gasteiger charge is -2.29. The Balaban J connectivity index is 1.57. The highest BCUT2D eigenvalue weighted by Crippen LogP contribution is 2.42. The molecule has 0 N–H and O–H groups in total. The highest BCUT2D eigenvalue weighted by atomic mass is 16.2. The Morgan fingerprint density at radius 1 is 0.667 bits per heavy atom. The first-order chi connectivity index (χ1) is 17.4. The van der Waals surface area contributed by atoms with Crippen molar-refractivity contribution in [3.8, 4) is 0 Å².